The van der Waals surface area contributed by atoms with Crippen LogP contribution in [-0.2, 0) is 0 Å². The molecule has 0 aliphatic carbocycles. The zero-order valence-electron chi connectivity index (χ0n) is 9.76. The van der Waals surface area contributed by atoms with Gasteiger partial charge in [0, 0.05) is 11.8 Å². The van der Waals surface area contributed by atoms with Crippen molar-refractivity contribution in [2.45, 2.75) is 0 Å². The molecule has 1 heterocycles. The number of aromatic nitrogens is 1. The summed E-state index contributed by atoms with van der Waals surface area (Å²) in [7, 11) is 0. The third-order valence-corrected chi connectivity index (χ3v) is 2.84. The van der Waals surface area contributed by atoms with Crippen LogP contribution in [0.4, 0.5) is 5.69 Å². The predicted molar refractivity (Wildman–Crippen MR) is 79.5 cm³/mol. The molecule has 2 aromatic rings. The lowest BCUT2D eigenvalue weighted by Gasteiger charge is -2.09. The Hall–Kier alpha value is -1.98. The van der Waals surface area contributed by atoms with Crippen molar-refractivity contribution in [2.75, 3.05) is 5.32 Å². The Morgan fingerprint density at radius 1 is 1.26 bits per heavy atom. The van der Waals surface area contributed by atoms with Gasteiger partial charge >= 0.3 is 0 Å². The predicted octanol–water partition coefficient (Wildman–Crippen LogP) is 2.62. The van der Waals surface area contributed by atoms with Crippen molar-refractivity contribution in [1.29, 1.82) is 0 Å². The molecule has 1 aromatic carbocycles. The average Bonchev–Trinajstić information content (AvgIpc) is 2.39. The van der Waals surface area contributed by atoms with Crippen LogP contribution in [0.5, 0.6) is 0 Å². The van der Waals surface area contributed by atoms with Crippen LogP contribution >= 0.6 is 23.8 Å². The molecule has 4 nitrogen and oxygen atoms in total. The second-order valence-electron chi connectivity index (χ2n) is 3.73. The number of nitrogens with one attached hydrogen (secondary N) is 1. The Morgan fingerprint density at radius 3 is 2.63 bits per heavy atom. The van der Waals surface area contributed by atoms with E-state index in [0.29, 0.717) is 16.3 Å². The first-order chi connectivity index (χ1) is 9.08. The fraction of sp³-hybridized carbons (Fsp3) is 0. The number of hydrogen-bond donors (Lipinski definition) is 2. The highest BCUT2D eigenvalue weighted by Gasteiger charge is 2.11. The van der Waals surface area contributed by atoms with Gasteiger partial charge in [-0.25, -0.2) is 4.98 Å². The number of anilines is 1. The molecule has 3 N–H and O–H groups in total. The maximum atomic E-state index is 12.0. The van der Waals surface area contributed by atoms with E-state index in [-0.39, 0.29) is 16.6 Å². The summed E-state index contributed by atoms with van der Waals surface area (Å²) in [6, 6.07) is 10.2. The Bertz CT molecular complexity index is 628. The molecule has 0 aliphatic heterocycles. The second kappa shape index (κ2) is 5.77. The van der Waals surface area contributed by atoms with Crippen LogP contribution < -0.4 is 11.1 Å². The van der Waals surface area contributed by atoms with Crippen LogP contribution in [0, 0.1) is 0 Å². The topological polar surface area (TPSA) is 68.0 Å². The molecular formula is C13H10ClN3OS. The van der Waals surface area contributed by atoms with E-state index in [1.165, 1.54) is 6.20 Å². The number of benzene rings is 1. The number of hydrogen-bond acceptors (Lipinski definition) is 3. The first kappa shape index (κ1) is 13.5. The minimum atomic E-state index is -0.347. The van der Waals surface area contributed by atoms with Crippen molar-refractivity contribution in [1.82, 2.24) is 4.98 Å². The fourth-order valence-electron chi connectivity index (χ4n) is 1.50. The summed E-state index contributed by atoms with van der Waals surface area (Å²) in [5.74, 6) is -0.347. The van der Waals surface area contributed by atoms with Crippen molar-refractivity contribution >= 4 is 40.4 Å². The van der Waals surface area contributed by atoms with E-state index in [2.05, 4.69) is 10.3 Å². The zero-order chi connectivity index (χ0) is 13.8. The molecule has 0 radical (unpaired) electrons. The Balaban J connectivity index is 2.24. The number of pyridine rings is 1. The number of nitrogens with two attached hydrogens (primary N) is 1. The van der Waals surface area contributed by atoms with E-state index in [4.69, 9.17) is 29.6 Å². The van der Waals surface area contributed by atoms with E-state index in [0.717, 1.165) is 0 Å². The van der Waals surface area contributed by atoms with E-state index in [1.54, 1.807) is 36.4 Å². The number of rotatable bonds is 3. The molecule has 2 rings (SSSR count). The third kappa shape index (κ3) is 3.27. The maximum absolute atomic E-state index is 12.0. The van der Waals surface area contributed by atoms with Gasteiger partial charge in [-0.2, -0.15) is 0 Å². The summed E-state index contributed by atoms with van der Waals surface area (Å²) >= 11 is 10.6. The lowest BCUT2D eigenvalue weighted by Crippen LogP contribution is -2.18. The van der Waals surface area contributed by atoms with Gasteiger partial charge in [0.15, 0.2) is 0 Å². The van der Waals surface area contributed by atoms with Gasteiger partial charge < -0.3 is 11.1 Å². The molecule has 96 valence electrons. The van der Waals surface area contributed by atoms with Gasteiger partial charge in [0.25, 0.3) is 5.91 Å². The minimum absolute atomic E-state index is 0.222. The highest BCUT2D eigenvalue weighted by atomic mass is 35.5. The Morgan fingerprint density at radius 2 is 2.00 bits per heavy atom. The Kier molecular flexibility index (Phi) is 4.09. The molecule has 0 saturated heterocycles. The standard InChI is InChI=1S/C13H10ClN3OS/c14-8-5-6-11(16-7-8)13(18)17-10-4-2-1-3-9(10)12(15)19/h1-7H,(H2,15,19)(H,17,18). The first-order valence-corrected chi connectivity index (χ1v) is 6.18. The number of nitrogens with zero attached hydrogens (tertiary/aromatic N) is 1. The van der Waals surface area contributed by atoms with Gasteiger partial charge in [-0.1, -0.05) is 36.0 Å². The van der Waals surface area contributed by atoms with Crippen LogP contribution in [0.2, 0.25) is 5.02 Å². The lowest BCUT2D eigenvalue weighted by atomic mass is 10.1. The second-order valence-corrected chi connectivity index (χ2v) is 4.60. The number of amides is 1. The van der Waals surface area contributed by atoms with E-state index >= 15 is 0 Å². The number of carbonyl (C=O) groups excluding carboxylic acids is 1. The summed E-state index contributed by atoms with van der Waals surface area (Å²) in [6.45, 7) is 0. The molecule has 0 unspecified atom stereocenters. The molecule has 0 atom stereocenters. The van der Waals surface area contributed by atoms with Crippen molar-refractivity contribution in [3.05, 3.63) is 58.9 Å². The molecule has 0 saturated carbocycles. The first-order valence-electron chi connectivity index (χ1n) is 5.39. The molecule has 19 heavy (non-hydrogen) atoms. The number of para-hydroxylation sites is 1. The molecule has 0 aliphatic rings. The zero-order valence-corrected chi connectivity index (χ0v) is 11.3. The lowest BCUT2D eigenvalue weighted by molar-refractivity contribution is 0.102. The molecular weight excluding hydrogens is 282 g/mol. The molecule has 6 heteroatoms. The number of thiocarbonyl (C=S) groups is 1. The summed E-state index contributed by atoms with van der Waals surface area (Å²) in [5, 5.41) is 3.19. The average molecular weight is 292 g/mol. The monoisotopic (exact) mass is 291 g/mol. The van der Waals surface area contributed by atoms with Gasteiger partial charge in [-0.05, 0) is 24.3 Å². The Labute approximate surface area is 120 Å². The van der Waals surface area contributed by atoms with Crippen molar-refractivity contribution in [3.63, 3.8) is 0 Å². The van der Waals surface area contributed by atoms with Crippen LogP contribution in [0.25, 0.3) is 0 Å². The van der Waals surface area contributed by atoms with Crippen molar-refractivity contribution in [2.24, 2.45) is 5.73 Å². The van der Waals surface area contributed by atoms with Crippen molar-refractivity contribution < 1.29 is 4.79 Å². The van der Waals surface area contributed by atoms with Gasteiger partial charge in [-0.3, -0.25) is 4.79 Å². The summed E-state index contributed by atoms with van der Waals surface area (Å²) in [6.07, 6.45) is 1.41. The van der Waals surface area contributed by atoms with Crippen LogP contribution in [0.1, 0.15) is 16.1 Å². The normalized spacial score (nSPS) is 9.95. The highest BCUT2D eigenvalue weighted by molar-refractivity contribution is 7.80. The largest absolute Gasteiger partial charge is 0.389 e. The van der Waals surface area contributed by atoms with Gasteiger partial charge in [0.2, 0.25) is 0 Å². The van der Waals surface area contributed by atoms with Gasteiger partial charge in [-0.15, -0.1) is 0 Å². The third-order valence-electron chi connectivity index (χ3n) is 2.40. The number of halogens is 1. The summed E-state index contributed by atoms with van der Waals surface area (Å²) in [4.78, 5) is 16.2. The smallest absolute Gasteiger partial charge is 0.274 e. The van der Waals surface area contributed by atoms with Crippen LogP contribution in [-0.4, -0.2) is 15.9 Å². The summed E-state index contributed by atoms with van der Waals surface area (Å²) < 4.78 is 0. The molecule has 0 spiro atoms. The number of carbonyl (C=O) groups is 1. The van der Waals surface area contributed by atoms with E-state index in [1.807, 2.05) is 0 Å². The van der Waals surface area contributed by atoms with Crippen molar-refractivity contribution in [3.8, 4) is 0 Å². The summed E-state index contributed by atoms with van der Waals surface area (Å²) in [5.41, 5.74) is 7.03. The fourth-order valence-corrected chi connectivity index (χ4v) is 1.79. The highest BCUT2D eigenvalue weighted by Crippen LogP contribution is 2.16. The van der Waals surface area contributed by atoms with Gasteiger partial charge in [0.1, 0.15) is 10.7 Å². The van der Waals surface area contributed by atoms with Gasteiger partial charge in [0.05, 0.1) is 10.7 Å². The maximum Gasteiger partial charge on any atom is 0.274 e. The SMILES string of the molecule is NC(=S)c1ccccc1NC(=O)c1ccc(Cl)cn1. The molecule has 0 fully saturated rings. The molecule has 1 aromatic heterocycles. The van der Waals surface area contributed by atoms with E-state index < -0.39 is 0 Å². The molecule has 1 amide bonds. The van der Waals surface area contributed by atoms with Crippen LogP contribution in [0.3, 0.4) is 0 Å². The quantitative estimate of drug-likeness (QED) is 0.853. The minimum Gasteiger partial charge on any atom is -0.389 e. The van der Waals surface area contributed by atoms with Crippen LogP contribution in [0.15, 0.2) is 42.6 Å². The molecule has 0 bridgehead atoms. The van der Waals surface area contributed by atoms with E-state index in [9.17, 15) is 4.79 Å².